The number of benzene rings is 1. The van der Waals surface area contributed by atoms with Gasteiger partial charge < -0.3 is 34.5 Å². The van der Waals surface area contributed by atoms with Crippen molar-refractivity contribution in [2.24, 2.45) is 0 Å². The molecule has 0 radical (unpaired) electrons. The summed E-state index contributed by atoms with van der Waals surface area (Å²) in [6.07, 6.45) is 2.44. The number of ether oxygens (including phenoxy) is 4. The van der Waals surface area contributed by atoms with Crippen LogP contribution in [0, 0.1) is 0 Å². The summed E-state index contributed by atoms with van der Waals surface area (Å²) in [5.41, 5.74) is 0.592. The number of fused-ring (bicyclic) bond motifs is 2. The SMILES string of the molecule is COc1ccc2nccc(C(O)(CO)[C@@H]3CC[C@@H](NCc4ccc5c(n4)OCCO5)CO3)c2c1. The molecule has 0 amide bonds. The largest absolute Gasteiger partial charge is 0.497 e. The number of aromatic nitrogens is 2. The van der Waals surface area contributed by atoms with Crippen molar-refractivity contribution in [3.8, 4) is 17.4 Å². The molecule has 1 aromatic carbocycles. The van der Waals surface area contributed by atoms with Crippen molar-refractivity contribution >= 4 is 10.9 Å². The number of methoxy groups -OCH3 is 1. The van der Waals surface area contributed by atoms with Gasteiger partial charge in [0.15, 0.2) is 5.75 Å². The molecule has 1 unspecified atom stereocenters. The maximum absolute atomic E-state index is 11.6. The summed E-state index contributed by atoms with van der Waals surface area (Å²) in [4.78, 5) is 8.89. The van der Waals surface area contributed by atoms with Gasteiger partial charge in [-0.05, 0) is 54.8 Å². The number of aliphatic hydroxyl groups is 2. The molecule has 34 heavy (non-hydrogen) atoms. The van der Waals surface area contributed by atoms with Gasteiger partial charge in [0.2, 0.25) is 0 Å². The highest BCUT2D eigenvalue weighted by atomic mass is 16.6. The number of hydrogen-bond acceptors (Lipinski definition) is 9. The number of aliphatic hydroxyl groups excluding tert-OH is 1. The minimum Gasteiger partial charge on any atom is -0.497 e. The van der Waals surface area contributed by atoms with Crippen molar-refractivity contribution in [3.63, 3.8) is 0 Å². The summed E-state index contributed by atoms with van der Waals surface area (Å²) < 4.78 is 22.5. The van der Waals surface area contributed by atoms with Crippen LogP contribution in [0.5, 0.6) is 17.4 Å². The molecular formula is C25H29N3O6. The Labute approximate surface area is 197 Å². The minimum atomic E-state index is -1.56. The number of nitrogens with zero attached hydrogens (tertiary/aromatic N) is 2. The summed E-state index contributed by atoms with van der Waals surface area (Å²) in [6.45, 7) is 1.55. The molecule has 3 atom stereocenters. The molecule has 180 valence electrons. The Bertz CT molecular complexity index is 1150. The Kier molecular flexibility index (Phi) is 6.51. The zero-order chi connectivity index (χ0) is 23.5. The molecule has 0 spiro atoms. The quantitative estimate of drug-likeness (QED) is 0.479. The van der Waals surface area contributed by atoms with Gasteiger partial charge in [-0.15, -0.1) is 0 Å². The van der Waals surface area contributed by atoms with E-state index >= 15 is 0 Å². The molecule has 2 aromatic heterocycles. The summed E-state index contributed by atoms with van der Waals surface area (Å²) in [7, 11) is 1.59. The Balaban J connectivity index is 1.26. The van der Waals surface area contributed by atoms with E-state index in [1.807, 2.05) is 30.3 Å². The third-order valence-electron chi connectivity index (χ3n) is 6.50. The predicted octanol–water partition coefficient (Wildman–Crippen LogP) is 1.93. The number of hydrogen-bond donors (Lipinski definition) is 3. The lowest BCUT2D eigenvalue weighted by Gasteiger charge is -2.40. The molecule has 4 heterocycles. The van der Waals surface area contributed by atoms with Crippen LogP contribution in [0.4, 0.5) is 0 Å². The summed E-state index contributed by atoms with van der Waals surface area (Å²) in [5.74, 6) is 1.85. The minimum absolute atomic E-state index is 0.100. The van der Waals surface area contributed by atoms with E-state index in [2.05, 4.69) is 15.3 Å². The highest BCUT2D eigenvalue weighted by Crippen LogP contribution is 2.37. The molecule has 2 aliphatic rings. The first-order valence-corrected chi connectivity index (χ1v) is 11.5. The van der Waals surface area contributed by atoms with E-state index in [0.717, 1.165) is 17.5 Å². The van der Waals surface area contributed by atoms with Crippen LogP contribution in [-0.2, 0) is 16.9 Å². The summed E-state index contributed by atoms with van der Waals surface area (Å²) in [5, 5.41) is 26.0. The Morgan fingerprint density at radius 1 is 1.15 bits per heavy atom. The molecule has 1 fully saturated rings. The standard InChI is InChI=1S/C25H29N3O6/c1-31-18-4-5-21-19(12-18)20(8-9-26-21)25(30,15-29)23-7-3-17(14-34-23)27-13-16-2-6-22-24(28-16)33-11-10-32-22/h2,4-6,8-9,12,17,23,27,29-30H,3,7,10-11,13-15H2,1H3/t17-,23+,25?/m1/s1. The lowest BCUT2D eigenvalue weighted by Crippen LogP contribution is -2.50. The van der Waals surface area contributed by atoms with Gasteiger partial charge >= 0.3 is 0 Å². The second-order valence-corrected chi connectivity index (χ2v) is 8.60. The van der Waals surface area contributed by atoms with Crippen molar-refractivity contribution in [2.45, 2.75) is 37.1 Å². The molecule has 1 saturated heterocycles. The lowest BCUT2D eigenvalue weighted by atomic mass is 9.83. The van der Waals surface area contributed by atoms with E-state index in [1.54, 1.807) is 19.4 Å². The van der Waals surface area contributed by atoms with Crippen LogP contribution in [0.25, 0.3) is 10.9 Å². The maximum atomic E-state index is 11.6. The first-order chi connectivity index (χ1) is 16.6. The van der Waals surface area contributed by atoms with E-state index in [-0.39, 0.29) is 6.04 Å². The summed E-state index contributed by atoms with van der Waals surface area (Å²) >= 11 is 0. The van der Waals surface area contributed by atoms with E-state index < -0.39 is 18.3 Å². The third kappa shape index (κ3) is 4.39. The smallest absolute Gasteiger partial charge is 0.257 e. The first kappa shape index (κ1) is 22.8. The first-order valence-electron chi connectivity index (χ1n) is 11.5. The van der Waals surface area contributed by atoms with Gasteiger partial charge in [-0.25, -0.2) is 4.98 Å². The Morgan fingerprint density at radius 2 is 2.03 bits per heavy atom. The molecule has 0 aliphatic carbocycles. The molecule has 3 aromatic rings. The zero-order valence-corrected chi connectivity index (χ0v) is 19.1. The van der Waals surface area contributed by atoms with Crippen molar-refractivity contribution in [1.82, 2.24) is 15.3 Å². The predicted molar refractivity (Wildman–Crippen MR) is 124 cm³/mol. The maximum Gasteiger partial charge on any atom is 0.257 e. The van der Waals surface area contributed by atoms with Crippen LogP contribution in [0.3, 0.4) is 0 Å². The highest BCUT2D eigenvalue weighted by molar-refractivity contribution is 5.84. The summed E-state index contributed by atoms with van der Waals surface area (Å²) in [6, 6.07) is 11.1. The number of nitrogens with one attached hydrogen (secondary N) is 1. The lowest BCUT2D eigenvalue weighted by molar-refractivity contribution is -0.157. The molecule has 0 saturated carbocycles. The van der Waals surface area contributed by atoms with Gasteiger partial charge in [0.1, 0.15) is 24.6 Å². The van der Waals surface area contributed by atoms with E-state index in [1.165, 1.54) is 0 Å². The fraction of sp³-hybridized carbons (Fsp3) is 0.440. The molecule has 5 rings (SSSR count). The van der Waals surface area contributed by atoms with Crippen LogP contribution < -0.4 is 19.5 Å². The van der Waals surface area contributed by atoms with Crippen LogP contribution in [0.15, 0.2) is 42.6 Å². The average molecular weight is 468 g/mol. The highest BCUT2D eigenvalue weighted by Gasteiger charge is 2.42. The third-order valence-corrected chi connectivity index (χ3v) is 6.50. The molecular weight excluding hydrogens is 438 g/mol. The monoisotopic (exact) mass is 467 g/mol. The number of rotatable bonds is 7. The average Bonchev–Trinajstić information content (AvgIpc) is 2.91. The second-order valence-electron chi connectivity index (χ2n) is 8.60. The van der Waals surface area contributed by atoms with Crippen LogP contribution >= 0.6 is 0 Å². The molecule has 9 heteroatoms. The van der Waals surface area contributed by atoms with Crippen molar-refractivity contribution in [2.75, 3.05) is 33.5 Å². The molecule has 0 bridgehead atoms. The second kappa shape index (κ2) is 9.71. The number of pyridine rings is 2. The van der Waals surface area contributed by atoms with Crippen molar-refractivity contribution in [1.29, 1.82) is 0 Å². The molecule has 9 nitrogen and oxygen atoms in total. The van der Waals surface area contributed by atoms with Crippen LogP contribution in [-0.4, -0.2) is 65.9 Å². The fourth-order valence-electron chi connectivity index (χ4n) is 4.60. The van der Waals surface area contributed by atoms with Gasteiger partial charge in [-0.1, -0.05) is 0 Å². The van der Waals surface area contributed by atoms with Gasteiger partial charge in [0.05, 0.1) is 37.6 Å². The molecule has 3 N–H and O–H groups in total. The van der Waals surface area contributed by atoms with E-state index in [4.69, 9.17) is 18.9 Å². The van der Waals surface area contributed by atoms with Crippen molar-refractivity contribution < 1.29 is 29.2 Å². The van der Waals surface area contributed by atoms with Gasteiger partial charge in [-0.2, -0.15) is 0 Å². The van der Waals surface area contributed by atoms with Gasteiger partial charge in [0, 0.05) is 24.2 Å². The van der Waals surface area contributed by atoms with E-state index in [9.17, 15) is 10.2 Å². The van der Waals surface area contributed by atoms with E-state index in [0.29, 0.717) is 61.2 Å². The van der Waals surface area contributed by atoms with Crippen LogP contribution in [0.2, 0.25) is 0 Å². The van der Waals surface area contributed by atoms with Gasteiger partial charge in [0.25, 0.3) is 5.88 Å². The van der Waals surface area contributed by atoms with Crippen LogP contribution in [0.1, 0.15) is 24.1 Å². The Hall–Kier alpha value is -2.98. The van der Waals surface area contributed by atoms with Gasteiger partial charge in [-0.3, -0.25) is 4.98 Å². The van der Waals surface area contributed by atoms with Crippen molar-refractivity contribution in [3.05, 3.63) is 53.9 Å². The topological polar surface area (TPSA) is 115 Å². The zero-order valence-electron chi connectivity index (χ0n) is 19.1. The Morgan fingerprint density at radius 3 is 2.82 bits per heavy atom. The normalized spacial score (nSPS) is 21.7. The fourth-order valence-corrected chi connectivity index (χ4v) is 4.60. The molecule has 2 aliphatic heterocycles.